The average Bonchev–Trinajstić information content (AvgIpc) is 2.68. The Kier molecular flexibility index (Phi) is 6.18. The Balaban J connectivity index is 2.20. The van der Waals surface area contributed by atoms with Gasteiger partial charge in [0.1, 0.15) is 10.9 Å². The molecule has 0 aromatic heterocycles. The molecule has 0 bridgehead atoms. The van der Waals surface area contributed by atoms with Gasteiger partial charge in [-0.15, -0.1) is 0 Å². The Labute approximate surface area is 131 Å². The number of amides is 2. The number of unbranched alkanes of at least 4 members (excludes halogenated alkanes) is 1. The molecular formula is C13H25N3O5S. The lowest BCUT2D eigenvalue weighted by atomic mass is 10.2. The lowest BCUT2D eigenvalue weighted by Gasteiger charge is -2.20. The summed E-state index contributed by atoms with van der Waals surface area (Å²) in [7, 11) is -3.67. The first-order chi connectivity index (χ1) is 9.99. The highest BCUT2D eigenvalue weighted by atomic mass is 32.2. The normalized spacial score (nSPS) is 19.4. The number of primary sulfonamides is 1. The third-order valence-electron chi connectivity index (χ3n) is 3.17. The maximum Gasteiger partial charge on any atom is 0.407 e. The first-order valence-corrected chi connectivity index (χ1v) is 8.86. The molecule has 1 saturated heterocycles. The lowest BCUT2D eigenvalue weighted by molar-refractivity contribution is -0.127. The second-order valence-corrected chi connectivity index (χ2v) is 8.24. The first kappa shape index (κ1) is 18.7. The zero-order valence-corrected chi connectivity index (χ0v) is 14.1. The molecule has 0 saturated carbocycles. The molecule has 8 nitrogen and oxygen atoms in total. The smallest absolute Gasteiger partial charge is 0.407 e. The van der Waals surface area contributed by atoms with Crippen molar-refractivity contribution in [2.24, 2.45) is 5.14 Å². The Morgan fingerprint density at radius 3 is 2.55 bits per heavy atom. The molecule has 1 atom stereocenters. The number of alkyl carbamates (subject to hydrolysis) is 1. The maximum atomic E-state index is 11.7. The molecule has 0 aliphatic carbocycles. The van der Waals surface area contributed by atoms with Gasteiger partial charge in [-0.05, 0) is 33.6 Å². The van der Waals surface area contributed by atoms with Crippen LogP contribution in [0.3, 0.4) is 0 Å². The van der Waals surface area contributed by atoms with Gasteiger partial charge in [0.05, 0.1) is 0 Å². The minimum atomic E-state index is -3.67. The van der Waals surface area contributed by atoms with Gasteiger partial charge in [-0.1, -0.05) is 0 Å². The molecule has 0 spiro atoms. The van der Waals surface area contributed by atoms with Crippen LogP contribution in [-0.4, -0.2) is 55.8 Å². The summed E-state index contributed by atoms with van der Waals surface area (Å²) in [4.78, 5) is 24.6. The van der Waals surface area contributed by atoms with Crippen LogP contribution in [0.2, 0.25) is 0 Å². The van der Waals surface area contributed by atoms with Gasteiger partial charge in [-0.2, -0.15) is 0 Å². The molecule has 9 heteroatoms. The van der Waals surface area contributed by atoms with Gasteiger partial charge >= 0.3 is 6.09 Å². The second kappa shape index (κ2) is 7.28. The molecule has 1 heterocycles. The molecule has 128 valence electrons. The Morgan fingerprint density at radius 1 is 1.41 bits per heavy atom. The Hall–Kier alpha value is -1.35. The molecule has 1 unspecified atom stereocenters. The highest BCUT2D eigenvalue weighted by Crippen LogP contribution is 2.16. The largest absolute Gasteiger partial charge is 0.444 e. The van der Waals surface area contributed by atoms with Gasteiger partial charge in [-0.25, -0.2) is 18.4 Å². The minimum absolute atomic E-state index is 0.0466. The van der Waals surface area contributed by atoms with Crippen molar-refractivity contribution in [3.63, 3.8) is 0 Å². The van der Waals surface area contributed by atoms with Gasteiger partial charge in [-0.3, -0.25) is 4.79 Å². The molecule has 0 aromatic rings. The minimum Gasteiger partial charge on any atom is -0.444 e. The predicted octanol–water partition coefficient (Wildman–Crippen LogP) is 0.181. The average molecular weight is 335 g/mol. The molecule has 3 N–H and O–H groups in total. The van der Waals surface area contributed by atoms with Gasteiger partial charge < -0.3 is 15.0 Å². The number of hydrogen-bond acceptors (Lipinski definition) is 5. The molecule has 0 radical (unpaired) electrons. The molecular weight excluding hydrogens is 310 g/mol. The van der Waals surface area contributed by atoms with Crippen molar-refractivity contribution in [3.05, 3.63) is 0 Å². The van der Waals surface area contributed by atoms with Crippen LogP contribution in [0, 0.1) is 0 Å². The molecule has 1 aliphatic rings. The highest BCUT2D eigenvalue weighted by molar-refractivity contribution is 7.89. The fourth-order valence-corrected chi connectivity index (χ4v) is 2.87. The summed E-state index contributed by atoms with van der Waals surface area (Å²) in [6.45, 7) is 6.40. The summed E-state index contributed by atoms with van der Waals surface area (Å²) >= 11 is 0. The fourth-order valence-electron chi connectivity index (χ4n) is 2.10. The number of nitrogens with zero attached hydrogens (tertiary/aromatic N) is 1. The SMILES string of the molecule is CC(C)(C)OC(=O)NCCCCN1CC(S(N)(=O)=O)CC1=O. The van der Waals surface area contributed by atoms with Crippen molar-refractivity contribution in [3.8, 4) is 0 Å². The van der Waals surface area contributed by atoms with Crippen molar-refractivity contribution in [2.45, 2.75) is 50.9 Å². The quantitative estimate of drug-likeness (QED) is 0.671. The van der Waals surface area contributed by atoms with Crippen LogP contribution in [0.15, 0.2) is 0 Å². The van der Waals surface area contributed by atoms with E-state index >= 15 is 0 Å². The van der Waals surface area contributed by atoms with E-state index in [-0.39, 0.29) is 18.9 Å². The fraction of sp³-hybridized carbons (Fsp3) is 0.846. The van der Waals surface area contributed by atoms with Gasteiger partial charge in [0.25, 0.3) is 0 Å². The van der Waals surface area contributed by atoms with Crippen LogP contribution in [-0.2, 0) is 19.6 Å². The lowest BCUT2D eigenvalue weighted by Crippen LogP contribution is -2.34. The zero-order valence-electron chi connectivity index (χ0n) is 13.3. The van der Waals surface area contributed by atoms with E-state index in [9.17, 15) is 18.0 Å². The van der Waals surface area contributed by atoms with Crippen molar-refractivity contribution in [1.82, 2.24) is 10.2 Å². The highest BCUT2D eigenvalue weighted by Gasteiger charge is 2.35. The zero-order chi connectivity index (χ0) is 17.0. The molecule has 1 aliphatic heterocycles. The summed E-state index contributed by atoms with van der Waals surface area (Å²) < 4.78 is 27.5. The summed E-state index contributed by atoms with van der Waals surface area (Å²) in [5, 5.41) is 6.88. The van der Waals surface area contributed by atoms with Crippen molar-refractivity contribution in [2.75, 3.05) is 19.6 Å². The van der Waals surface area contributed by atoms with E-state index in [0.717, 1.165) is 0 Å². The number of sulfonamides is 1. The van der Waals surface area contributed by atoms with Gasteiger partial charge in [0.15, 0.2) is 0 Å². The number of hydrogen-bond donors (Lipinski definition) is 2. The number of nitrogens with one attached hydrogen (secondary N) is 1. The van der Waals surface area contributed by atoms with Gasteiger partial charge in [0.2, 0.25) is 15.9 Å². The first-order valence-electron chi connectivity index (χ1n) is 7.25. The second-order valence-electron chi connectivity index (χ2n) is 6.39. The Bertz CT molecular complexity index is 512. The molecule has 22 heavy (non-hydrogen) atoms. The molecule has 1 rings (SSSR count). The topological polar surface area (TPSA) is 119 Å². The van der Waals surface area contributed by atoms with Crippen LogP contribution < -0.4 is 10.5 Å². The maximum absolute atomic E-state index is 11.7. The standard InChI is InChI=1S/C13H25N3O5S/c1-13(2,3)21-12(18)15-6-4-5-7-16-9-10(8-11(16)17)22(14,19)20/h10H,4-9H2,1-3H3,(H,15,18)(H2,14,19,20). The summed E-state index contributed by atoms with van der Waals surface area (Å²) in [5.41, 5.74) is -0.533. The van der Waals surface area contributed by atoms with E-state index in [4.69, 9.17) is 9.88 Å². The molecule has 1 fully saturated rings. The van der Waals surface area contributed by atoms with Gasteiger partial charge in [0, 0.05) is 26.1 Å². The number of ether oxygens (including phenoxy) is 1. The van der Waals surface area contributed by atoms with Crippen molar-refractivity contribution >= 4 is 22.0 Å². The van der Waals surface area contributed by atoms with E-state index in [0.29, 0.717) is 25.9 Å². The number of rotatable bonds is 6. The van der Waals surface area contributed by atoms with Crippen LogP contribution in [0.4, 0.5) is 4.79 Å². The summed E-state index contributed by atoms with van der Waals surface area (Å²) in [6, 6.07) is 0. The van der Waals surface area contributed by atoms with E-state index in [1.807, 2.05) is 0 Å². The molecule has 0 aromatic carbocycles. The molecule has 2 amide bonds. The number of nitrogens with two attached hydrogens (primary N) is 1. The van der Waals surface area contributed by atoms with E-state index in [1.165, 1.54) is 4.90 Å². The van der Waals surface area contributed by atoms with E-state index < -0.39 is 27.0 Å². The summed E-state index contributed by atoms with van der Waals surface area (Å²) in [6.07, 6.45) is 0.816. The van der Waals surface area contributed by atoms with Crippen LogP contribution in [0.5, 0.6) is 0 Å². The van der Waals surface area contributed by atoms with Crippen molar-refractivity contribution < 1.29 is 22.7 Å². The predicted molar refractivity (Wildman–Crippen MR) is 81.6 cm³/mol. The Morgan fingerprint density at radius 2 is 2.05 bits per heavy atom. The van der Waals surface area contributed by atoms with E-state index in [1.54, 1.807) is 20.8 Å². The monoisotopic (exact) mass is 335 g/mol. The summed E-state index contributed by atoms with van der Waals surface area (Å²) in [5.74, 6) is -0.195. The third-order valence-corrected chi connectivity index (χ3v) is 4.41. The number of carbonyl (C=O) groups excluding carboxylic acids is 2. The number of carbonyl (C=O) groups is 2. The van der Waals surface area contributed by atoms with Crippen LogP contribution in [0.1, 0.15) is 40.0 Å². The van der Waals surface area contributed by atoms with E-state index in [2.05, 4.69) is 5.32 Å². The van der Waals surface area contributed by atoms with Crippen LogP contribution >= 0.6 is 0 Å². The van der Waals surface area contributed by atoms with Crippen LogP contribution in [0.25, 0.3) is 0 Å². The number of likely N-dealkylation sites (tertiary alicyclic amines) is 1. The van der Waals surface area contributed by atoms with Crippen molar-refractivity contribution in [1.29, 1.82) is 0 Å². The third kappa shape index (κ3) is 6.61.